The van der Waals surface area contributed by atoms with Gasteiger partial charge in [-0.3, -0.25) is 0 Å². The Morgan fingerprint density at radius 3 is 1.71 bits per heavy atom. The molecule has 80 valence electrons. The molecule has 0 N–H and O–H groups in total. The largest absolute Gasteiger partial charge is 0.333 e. The zero-order valence-corrected chi connectivity index (χ0v) is 10.7. The molecule has 4 aliphatic heterocycles. The molecule has 0 aliphatic carbocycles. The first-order valence-electron chi connectivity index (χ1n) is 5.05. The molecule has 4 bridgehead atoms. The number of thioether (sulfide) groups is 2. The summed E-state index contributed by atoms with van der Waals surface area (Å²) in [5, 5.41) is 0. The average molecular weight is 232 g/mol. The molecule has 2 nitrogen and oxygen atoms in total. The third-order valence-corrected chi connectivity index (χ3v) is 5.98. The van der Waals surface area contributed by atoms with Gasteiger partial charge in [0.25, 0.3) is 0 Å². The van der Waals surface area contributed by atoms with Crippen LogP contribution in [0.3, 0.4) is 0 Å². The van der Waals surface area contributed by atoms with Crippen molar-refractivity contribution in [1.82, 2.24) is 0 Å². The Bertz CT molecular complexity index is 209. The minimum Gasteiger partial charge on any atom is -0.333 e. The van der Waals surface area contributed by atoms with Crippen LogP contribution in [0.2, 0.25) is 0 Å². The monoisotopic (exact) mass is 232 g/mol. The fraction of sp³-hybridized carbons (Fsp3) is 1.00. The molecule has 4 rings (SSSR count). The summed E-state index contributed by atoms with van der Waals surface area (Å²) in [5.41, 5.74) is 0. The first kappa shape index (κ1) is 9.82. The van der Waals surface area contributed by atoms with Gasteiger partial charge in [0.1, 0.15) is 9.87 Å². The van der Waals surface area contributed by atoms with Gasteiger partial charge in [-0.2, -0.15) is 0 Å². The summed E-state index contributed by atoms with van der Waals surface area (Å²) in [5.74, 6) is -0.354. The molecule has 4 saturated heterocycles. The third-order valence-electron chi connectivity index (χ3n) is 3.01. The predicted octanol–water partition coefficient (Wildman–Crippen LogP) is 3.17. The van der Waals surface area contributed by atoms with Crippen LogP contribution >= 0.6 is 23.5 Å². The summed E-state index contributed by atoms with van der Waals surface area (Å²) in [6.45, 7) is 8.81. The Balaban J connectivity index is 2.08. The van der Waals surface area contributed by atoms with E-state index in [1.54, 1.807) is 0 Å². The summed E-state index contributed by atoms with van der Waals surface area (Å²) in [4.78, 5) is -0.0833. The fourth-order valence-electron chi connectivity index (χ4n) is 3.37. The lowest BCUT2D eigenvalue weighted by molar-refractivity contribution is -0.335. The molecule has 4 atom stereocenters. The molecule has 0 aromatic rings. The molecule has 0 saturated carbocycles. The molecule has 2 unspecified atom stereocenters. The van der Waals surface area contributed by atoms with Crippen LogP contribution in [0.5, 0.6) is 0 Å². The molecule has 0 aromatic carbocycles. The topological polar surface area (TPSA) is 18.5 Å². The highest BCUT2D eigenvalue weighted by atomic mass is 32.2. The quantitative estimate of drug-likeness (QED) is 0.638. The second-order valence-corrected chi connectivity index (χ2v) is 9.49. The van der Waals surface area contributed by atoms with Gasteiger partial charge < -0.3 is 9.47 Å². The lowest BCUT2D eigenvalue weighted by Gasteiger charge is -2.65. The Hall–Kier alpha value is 0.620. The highest BCUT2D eigenvalue weighted by Gasteiger charge is 2.66. The zero-order chi connectivity index (χ0) is 10.2. The second kappa shape index (κ2) is 2.31. The Morgan fingerprint density at radius 2 is 1.36 bits per heavy atom. The molecule has 14 heavy (non-hydrogen) atoms. The van der Waals surface area contributed by atoms with Crippen molar-refractivity contribution in [3.8, 4) is 0 Å². The normalized spacial score (nSPS) is 66.0. The standard InChI is InChI=1S/C10H16O2S2/c1-7-5-10(4)13-8(2,11-7)6-9(3,12-7)14-10/h5-6H2,1-4H3/t7?,8-,9+,10?. The average Bonchev–Trinajstić information content (AvgIpc) is 1.67. The van der Waals surface area contributed by atoms with E-state index in [-0.39, 0.29) is 19.7 Å². The predicted molar refractivity (Wildman–Crippen MR) is 60.2 cm³/mol. The maximum atomic E-state index is 6.06. The molecule has 4 heteroatoms. The van der Waals surface area contributed by atoms with Gasteiger partial charge in [0.15, 0.2) is 5.79 Å². The minimum atomic E-state index is -0.354. The number of hydrogen-bond acceptors (Lipinski definition) is 4. The first-order chi connectivity index (χ1) is 6.24. The van der Waals surface area contributed by atoms with E-state index in [0.717, 1.165) is 12.8 Å². The van der Waals surface area contributed by atoms with Crippen molar-refractivity contribution in [3.05, 3.63) is 0 Å². The van der Waals surface area contributed by atoms with Crippen LogP contribution in [0.4, 0.5) is 0 Å². The van der Waals surface area contributed by atoms with Gasteiger partial charge in [-0.25, -0.2) is 0 Å². The molecular formula is C10H16O2S2. The summed E-state index contributed by atoms with van der Waals surface area (Å²) >= 11 is 3.94. The van der Waals surface area contributed by atoms with Crippen molar-refractivity contribution in [2.75, 3.05) is 0 Å². The number of hydrogen-bond donors (Lipinski definition) is 0. The van der Waals surface area contributed by atoms with E-state index in [0.29, 0.717) is 0 Å². The van der Waals surface area contributed by atoms with Crippen LogP contribution in [0.1, 0.15) is 40.5 Å². The fourth-order valence-corrected chi connectivity index (χ4v) is 8.31. The molecule has 0 spiro atoms. The molecular weight excluding hydrogens is 216 g/mol. The summed E-state index contributed by atoms with van der Waals surface area (Å²) in [7, 11) is 0. The van der Waals surface area contributed by atoms with Gasteiger partial charge in [-0.1, -0.05) is 0 Å². The van der Waals surface area contributed by atoms with Gasteiger partial charge in [-0.15, -0.1) is 23.5 Å². The first-order valence-corrected chi connectivity index (χ1v) is 6.68. The van der Waals surface area contributed by atoms with Gasteiger partial charge in [0.2, 0.25) is 0 Å². The van der Waals surface area contributed by atoms with Gasteiger partial charge in [0.05, 0.1) is 4.08 Å². The minimum absolute atomic E-state index is 0.0417. The lowest BCUT2D eigenvalue weighted by Crippen LogP contribution is -2.66. The van der Waals surface area contributed by atoms with E-state index < -0.39 is 0 Å². The summed E-state index contributed by atoms with van der Waals surface area (Å²) in [6.07, 6.45) is 1.97. The van der Waals surface area contributed by atoms with Crippen molar-refractivity contribution in [3.63, 3.8) is 0 Å². The van der Waals surface area contributed by atoms with Crippen molar-refractivity contribution in [2.24, 2.45) is 0 Å². The Morgan fingerprint density at radius 1 is 0.857 bits per heavy atom. The van der Waals surface area contributed by atoms with E-state index in [2.05, 4.69) is 27.7 Å². The molecule has 0 aromatic heterocycles. The van der Waals surface area contributed by atoms with Crippen molar-refractivity contribution < 1.29 is 9.47 Å². The second-order valence-electron chi connectivity index (χ2n) is 5.30. The maximum absolute atomic E-state index is 6.06. The van der Waals surface area contributed by atoms with Crippen LogP contribution in [-0.2, 0) is 9.47 Å². The van der Waals surface area contributed by atoms with Crippen LogP contribution < -0.4 is 0 Å². The lowest BCUT2D eigenvalue weighted by atomic mass is 10.0. The van der Waals surface area contributed by atoms with Gasteiger partial charge in [0, 0.05) is 12.8 Å². The van der Waals surface area contributed by atoms with Crippen molar-refractivity contribution in [1.29, 1.82) is 0 Å². The van der Waals surface area contributed by atoms with Crippen molar-refractivity contribution >= 4 is 23.5 Å². The van der Waals surface area contributed by atoms with Crippen LogP contribution in [0.25, 0.3) is 0 Å². The Kier molecular flexibility index (Phi) is 1.62. The van der Waals surface area contributed by atoms with Crippen LogP contribution in [-0.4, -0.2) is 19.7 Å². The summed E-state index contributed by atoms with van der Waals surface area (Å²) in [6, 6.07) is 0. The number of rotatable bonds is 0. The van der Waals surface area contributed by atoms with Crippen molar-refractivity contribution in [2.45, 2.75) is 60.3 Å². The summed E-state index contributed by atoms with van der Waals surface area (Å²) < 4.78 is 12.4. The smallest absolute Gasteiger partial charge is 0.171 e. The third kappa shape index (κ3) is 1.27. The molecule has 4 heterocycles. The molecule has 4 aliphatic rings. The van der Waals surface area contributed by atoms with E-state index in [1.807, 2.05) is 23.5 Å². The highest BCUT2D eigenvalue weighted by molar-refractivity contribution is 8.20. The van der Waals surface area contributed by atoms with E-state index in [4.69, 9.17) is 9.47 Å². The van der Waals surface area contributed by atoms with Crippen LogP contribution in [0, 0.1) is 0 Å². The van der Waals surface area contributed by atoms with Crippen LogP contribution in [0.15, 0.2) is 0 Å². The SMILES string of the molecule is CC12CC3(C)S[C@@](C)(C[C@](C)(O1)S3)O2. The van der Waals surface area contributed by atoms with E-state index >= 15 is 0 Å². The maximum Gasteiger partial charge on any atom is 0.171 e. The van der Waals surface area contributed by atoms with Gasteiger partial charge >= 0.3 is 0 Å². The van der Waals surface area contributed by atoms with Gasteiger partial charge in [-0.05, 0) is 27.7 Å². The number of ether oxygens (including phenoxy) is 2. The Labute approximate surface area is 93.5 Å². The molecule has 0 radical (unpaired) electrons. The molecule has 4 fully saturated rings. The highest BCUT2D eigenvalue weighted by Crippen LogP contribution is 2.70. The zero-order valence-electron chi connectivity index (χ0n) is 9.05. The van der Waals surface area contributed by atoms with E-state index in [9.17, 15) is 0 Å². The molecule has 0 amide bonds. The van der Waals surface area contributed by atoms with E-state index in [1.165, 1.54) is 0 Å².